The van der Waals surface area contributed by atoms with Crippen LogP contribution < -0.4 is 5.73 Å². The first-order chi connectivity index (χ1) is 35.3. The topological polar surface area (TPSA) is 134 Å². The van der Waals surface area contributed by atoms with Gasteiger partial charge in [-0.3, -0.25) is 18.6 Å². The van der Waals surface area contributed by atoms with Crippen molar-refractivity contribution < 1.29 is 37.6 Å². The molecular formula is C62H122NO8P. The number of hydrogen-bond donors (Lipinski definition) is 2. The molecule has 9 nitrogen and oxygen atoms in total. The lowest BCUT2D eigenvalue weighted by molar-refractivity contribution is -0.161. The molecule has 2 unspecified atom stereocenters. The van der Waals surface area contributed by atoms with Crippen LogP contribution in [0.15, 0.2) is 12.2 Å². The Morgan fingerprint density at radius 2 is 0.681 bits per heavy atom. The molecular weight excluding hydrogens is 918 g/mol. The molecule has 0 aromatic rings. The molecule has 0 fully saturated rings. The summed E-state index contributed by atoms with van der Waals surface area (Å²) in [7, 11) is -4.38. The van der Waals surface area contributed by atoms with E-state index in [1.54, 1.807) is 0 Å². The minimum atomic E-state index is -4.38. The van der Waals surface area contributed by atoms with Gasteiger partial charge in [0.1, 0.15) is 6.61 Å². The number of esters is 2. The zero-order chi connectivity index (χ0) is 52.4. The van der Waals surface area contributed by atoms with Crippen LogP contribution in [0.3, 0.4) is 0 Å². The van der Waals surface area contributed by atoms with Gasteiger partial charge in [-0.05, 0) is 38.5 Å². The maximum absolute atomic E-state index is 12.7. The Balaban J connectivity index is 3.78. The molecule has 0 rings (SSSR count). The first-order valence-corrected chi connectivity index (χ1v) is 33.2. The van der Waals surface area contributed by atoms with Crippen molar-refractivity contribution in [2.24, 2.45) is 5.73 Å². The Morgan fingerprint density at radius 1 is 0.403 bits per heavy atom. The molecule has 428 valence electrons. The summed E-state index contributed by atoms with van der Waals surface area (Å²) in [5, 5.41) is 0. The zero-order valence-corrected chi connectivity index (χ0v) is 48.8. The molecule has 0 aliphatic heterocycles. The monoisotopic (exact) mass is 1040 g/mol. The predicted molar refractivity (Wildman–Crippen MR) is 308 cm³/mol. The van der Waals surface area contributed by atoms with E-state index in [0.29, 0.717) is 6.42 Å². The van der Waals surface area contributed by atoms with E-state index < -0.39 is 26.5 Å². The molecule has 72 heavy (non-hydrogen) atoms. The predicted octanol–water partition coefficient (Wildman–Crippen LogP) is 20.0. The molecule has 2 atom stereocenters. The van der Waals surface area contributed by atoms with Crippen molar-refractivity contribution in [1.29, 1.82) is 0 Å². The summed E-state index contributed by atoms with van der Waals surface area (Å²) in [6.45, 7) is 3.81. The van der Waals surface area contributed by atoms with E-state index in [2.05, 4.69) is 26.0 Å². The second-order valence-electron chi connectivity index (χ2n) is 21.6. The van der Waals surface area contributed by atoms with Crippen LogP contribution in [-0.4, -0.2) is 49.3 Å². The van der Waals surface area contributed by atoms with Crippen LogP contribution in [0, 0.1) is 0 Å². The SMILES string of the molecule is CCCCCCCCCC/C=C\CCCCCCCCCCCCCCCCCCCCCCCCCC(=O)OC(COC(=O)CCCCCCCCCCCCCCCCCC)COP(=O)(O)OCCN. The number of rotatable bonds is 61. The molecule has 0 aliphatic rings. The van der Waals surface area contributed by atoms with Crippen LogP contribution in [0.25, 0.3) is 0 Å². The summed E-state index contributed by atoms with van der Waals surface area (Å²) < 4.78 is 33.1. The van der Waals surface area contributed by atoms with E-state index in [4.69, 9.17) is 24.3 Å². The molecule has 0 spiro atoms. The third-order valence-electron chi connectivity index (χ3n) is 14.4. The van der Waals surface area contributed by atoms with E-state index in [0.717, 1.165) is 32.1 Å². The number of hydrogen-bond acceptors (Lipinski definition) is 8. The van der Waals surface area contributed by atoms with Crippen molar-refractivity contribution in [3.63, 3.8) is 0 Å². The third-order valence-corrected chi connectivity index (χ3v) is 15.4. The number of unbranched alkanes of at least 4 members (excludes halogenated alkanes) is 46. The fraction of sp³-hybridized carbons (Fsp3) is 0.935. The minimum absolute atomic E-state index is 0.0578. The van der Waals surface area contributed by atoms with E-state index in [1.807, 2.05) is 0 Å². The van der Waals surface area contributed by atoms with Gasteiger partial charge in [-0.15, -0.1) is 0 Å². The quantitative estimate of drug-likeness (QED) is 0.0264. The number of phosphoric acid groups is 1. The fourth-order valence-electron chi connectivity index (χ4n) is 9.69. The van der Waals surface area contributed by atoms with E-state index in [9.17, 15) is 19.0 Å². The van der Waals surface area contributed by atoms with Gasteiger partial charge in [0.05, 0.1) is 13.2 Å². The van der Waals surface area contributed by atoms with Gasteiger partial charge in [-0.25, -0.2) is 4.57 Å². The Bertz CT molecular complexity index is 1190. The van der Waals surface area contributed by atoms with E-state index in [1.165, 1.54) is 276 Å². The van der Waals surface area contributed by atoms with Crippen molar-refractivity contribution in [2.75, 3.05) is 26.4 Å². The summed E-state index contributed by atoms with van der Waals surface area (Å²) in [5.41, 5.74) is 5.38. The second-order valence-corrected chi connectivity index (χ2v) is 23.1. The number of allylic oxidation sites excluding steroid dienone is 2. The molecule has 0 aromatic carbocycles. The van der Waals surface area contributed by atoms with Crippen LogP contribution in [-0.2, 0) is 32.7 Å². The number of carbonyl (C=O) groups is 2. The molecule has 0 heterocycles. The first-order valence-electron chi connectivity index (χ1n) is 31.7. The van der Waals surface area contributed by atoms with Crippen molar-refractivity contribution >= 4 is 19.8 Å². The van der Waals surface area contributed by atoms with Crippen molar-refractivity contribution in [2.45, 2.75) is 347 Å². The molecule has 3 N–H and O–H groups in total. The minimum Gasteiger partial charge on any atom is -0.462 e. The van der Waals surface area contributed by atoms with Crippen LogP contribution in [0.4, 0.5) is 0 Å². The maximum Gasteiger partial charge on any atom is 0.472 e. The Hall–Kier alpha value is -1.25. The fourth-order valence-corrected chi connectivity index (χ4v) is 10.5. The average Bonchev–Trinajstić information content (AvgIpc) is 3.37. The van der Waals surface area contributed by atoms with Crippen LogP contribution in [0.2, 0.25) is 0 Å². The molecule has 0 radical (unpaired) electrons. The Labute approximate surface area is 447 Å². The number of carbonyl (C=O) groups excluding carboxylic acids is 2. The van der Waals surface area contributed by atoms with Gasteiger partial charge < -0.3 is 20.1 Å². The standard InChI is InChI=1S/C62H122NO8P/c1-3-5-7-9-11-13-15-17-19-21-22-23-24-25-26-27-28-29-30-31-32-33-34-35-36-37-38-39-41-43-45-47-49-51-53-55-62(65)71-60(59-70-72(66,67)69-57-56-63)58-68-61(64)54-52-50-48-46-44-42-40-20-18-16-14-12-10-8-6-4-2/h21-22,60H,3-20,23-59,63H2,1-2H3,(H,66,67)/b22-21-. The van der Waals surface area contributed by atoms with Gasteiger partial charge in [0.25, 0.3) is 0 Å². The molecule has 0 saturated heterocycles. The van der Waals surface area contributed by atoms with Gasteiger partial charge in [0.2, 0.25) is 0 Å². The van der Waals surface area contributed by atoms with Crippen LogP contribution in [0.5, 0.6) is 0 Å². The third kappa shape index (κ3) is 58.0. The van der Waals surface area contributed by atoms with Crippen LogP contribution >= 0.6 is 7.82 Å². The average molecular weight is 1040 g/mol. The Kier molecular flexibility index (Phi) is 58.0. The molecule has 10 heteroatoms. The highest BCUT2D eigenvalue weighted by Crippen LogP contribution is 2.43. The van der Waals surface area contributed by atoms with Gasteiger partial charge in [0.15, 0.2) is 6.10 Å². The van der Waals surface area contributed by atoms with Crippen molar-refractivity contribution in [3.05, 3.63) is 12.2 Å². The lowest BCUT2D eigenvalue weighted by Gasteiger charge is -2.19. The summed E-state index contributed by atoms with van der Waals surface area (Å²) in [6.07, 6.45) is 68.7. The van der Waals surface area contributed by atoms with Gasteiger partial charge in [-0.1, -0.05) is 302 Å². The van der Waals surface area contributed by atoms with Gasteiger partial charge >= 0.3 is 19.8 Å². The van der Waals surface area contributed by atoms with E-state index >= 15 is 0 Å². The number of ether oxygens (including phenoxy) is 2. The summed E-state index contributed by atoms with van der Waals surface area (Å²) >= 11 is 0. The smallest absolute Gasteiger partial charge is 0.462 e. The lowest BCUT2D eigenvalue weighted by Crippen LogP contribution is -2.29. The van der Waals surface area contributed by atoms with Crippen molar-refractivity contribution in [1.82, 2.24) is 0 Å². The van der Waals surface area contributed by atoms with Crippen molar-refractivity contribution in [3.8, 4) is 0 Å². The van der Waals surface area contributed by atoms with Gasteiger partial charge in [-0.2, -0.15) is 0 Å². The summed E-state index contributed by atoms with van der Waals surface area (Å²) in [5.74, 6) is -0.804. The normalized spacial score (nSPS) is 13.0. The molecule has 0 aromatic heterocycles. The molecule has 0 saturated carbocycles. The summed E-state index contributed by atoms with van der Waals surface area (Å²) in [6, 6.07) is 0. The highest BCUT2D eigenvalue weighted by atomic mass is 31.2. The van der Waals surface area contributed by atoms with Gasteiger partial charge in [0, 0.05) is 19.4 Å². The highest BCUT2D eigenvalue weighted by Gasteiger charge is 2.26. The lowest BCUT2D eigenvalue weighted by atomic mass is 10.0. The maximum atomic E-state index is 12.7. The number of nitrogens with two attached hydrogens (primary N) is 1. The summed E-state index contributed by atoms with van der Waals surface area (Å²) in [4.78, 5) is 35.2. The largest absolute Gasteiger partial charge is 0.472 e. The van der Waals surface area contributed by atoms with E-state index in [-0.39, 0.29) is 38.6 Å². The molecule has 0 aliphatic carbocycles. The molecule has 0 amide bonds. The Morgan fingerprint density at radius 3 is 0.986 bits per heavy atom. The molecule has 0 bridgehead atoms. The highest BCUT2D eigenvalue weighted by molar-refractivity contribution is 7.47. The zero-order valence-electron chi connectivity index (χ0n) is 48.0. The first kappa shape index (κ1) is 70.8. The number of phosphoric ester groups is 1. The van der Waals surface area contributed by atoms with Crippen LogP contribution in [0.1, 0.15) is 341 Å². The second kappa shape index (κ2) is 59.0.